The summed E-state index contributed by atoms with van der Waals surface area (Å²) < 4.78 is 0. The van der Waals surface area contributed by atoms with E-state index in [2.05, 4.69) is 57.3 Å². The summed E-state index contributed by atoms with van der Waals surface area (Å²) in [6, 6.07) is 8.44. The molecule has 1 saturated heterocycles. The Morgan fingerprint density at radius 3 is 2.71 bits per heavy atom. The molecule has 3 heteroatoms. The Morgan fingerprint density at radius 2 is 2.10 bits per heavy atom. The number of rotatable bonds is 6. The van der Waals surface area contributed by atoms with Gasteiger partial charge in [0.2, 0.25) is 5.91 Å². The molecule has 1 aliphatic rings. The number of nitrogens with zero attached hydrogens (tertiary/aromatic N) is 1. The Bertz CT molecular complexity index is 484. The number of aryl methyl sites for hydroxylation is 1. The molecule has 1 fully saturated rings. The summed E-state index contributed by atoms with van der Waals surface area (Å²) in [5, 5.41) is 3.55. The van der Waals surface area contributed by atoms with Crippen molar-refractivity contribution in [1.29, 1.82) is 0 Å². The number of nitrogens with one attached hydrogen (secondary N) is 1. The largest absolute Gasteiger partial charge is 0.322 e. The topological polar surface area (TPSA) is 32.3 Å². The van der Waals surface area contributed by atoms with Crippen LogP contribution in [0.4, 0.5) is 0 Å². The minimum absolute atomic E-state index is 0.0348. The summed E-state index contributed by atoms with van der Waals surface area (Å²) >= 11 is 0. The molecule has 0 aliphatic carbocycles. The molecular weight excluding hydrogens is 260 g/mol. The number of benzene rings is 1. The first-order valence-corrected chi connectivity index (χ1v) is 8.16. The molecule has 0 radical (unpaired) electrons. The van der Waals surface area contributed by atoms with Crippen LogP contribution < -0.4 is 5.32 Å². The predicted molar refractivity (Wildman–Crippen MR) is 86.9 cm³/mol. The first-order chi connectivity index (χ1) is 10.0. The van der Waals surface area contributed by atoms with Crippen molar-refractivity contribution in [3.63, 3.8) is 0 Å². The van der Waals surface area contributed by atoms with Crippen molar-refractivity contribution in [2.24, 2.45) is 5.92 Å². The van der Waals surface area contributed by atoms with Gasteiger partial charge in [-0.3, -0.25) is 10.1 Å². The lowest BCUT2D eigenvalue weighted by Crippen LogP contribution is -2.32. The zero-order chi connectivity index (χ0) is 15.4. The van der Waals surface area contributed by atoms with Crippen LogP contribution in [0.3, 0.4) is 0 Å². The van der Waals surface area contributed by atoms with Gasteiger partial charge in [-0.1, -0.05) is 57.0 Å². The maximum absolute atomic E-state index is 12.7. The summed E-state index contributed by atoms with van der Waals surface area (Å²) in [5.74, 6) is 0.791. The third kappa shape index (κ3) is 3.85. The van der Waals surface area contributed by atoms with Gasteiger partial charge in [0.1, 0.15) is 6.17 Å². The van der Waals surface area contributed by atoms with Crippen LogP contribution in [0.5, 0.6) is 0 Å². The van der Waals surface area contributed by atoms with E-state index < -0.39 is 0 Å². The van der Waals surface area contributed by atoms with E-state index in [4.69, 9.17) is 0 Å². The molecule has 1 N–H and O–H groups in total. The van der Waals surface area contributed by atoms with E-state index in [9.17, 15) is 4.79 Å². The molecule has 1 amide bonds. The maximum Gasteiger partial charge on any atom is 0.241 e. The second kappa shape index (κ2) is 7.08. The molecule has 1 aliphatic heterocycles. The Balaban J connectivity index is 2.21. The molecule has 1 aromatic rings. The van der Waals surface area contributed by atoms with E-state index >= 15 is 0 Å². The van der Waals surface area contributed by atoms with Gasteiger partial charge in [-0.25, -0.2) is 0 Å². The molecule has 21 heavy (non-hydrogen) atoms. The van der Waals surface area contributed by atoms with Crippen molar-refractivity contribution in [2.75, 3.05) is 6.54 Å². The molecule has 1 heterocycles. The zero-order valence-electron chi connectivity index (χ0n) is 13.7. The highest BCUT2D eigenvalue weighted by molar-refractivity contribution is 5.84. The summed E-state index contributed by atoms with van der Waals surface area (Å²) in [6.45, 7) is 9.45. The fourth-order valence-corrected chi connectivity index (χ4v) is 3.00. The van der Waals surface area contributed by atoms with Gasteiger partial charge < -0.3 is 4.90 Å². The first kappa shape index (κ1) is 16.0. The Kier molecular flexibility index (Phi) is 5.40. The van der Waals surface area contributed by atoms with Crippen molar-refractivity contribution in [3.05, 3.63) is 35.4 Å². The zero-order valence-corrected chi connectivity index (χ0v) is 13.7. The standard InChI is InChI=1S/C18H28N2O/c1-5-6-10-20-17(15-9-7-8-14(4)12-15)19-16(18(20)21)11-13(2)3/h7-9,12-13,16-17,19H,5-6,10-11H2,1-4H3. The second-order valence-electron chi connectivity index (χ2n) is 6.55. The summed E-state index contributed by atoms with van der Waals surface area (Å²) in [6.07, 6.45) is 3.11. The van der Waals surface area contributed by atoms with Crippen LogP contribution in [0.25, 0.3) is 0 Å². The minimum Gasteiger partial charge on any atom is -0.322 e. The van der Waals surface area contributed by atoms with Crippen molar-refractivity contribution >= 4 is 5.91 Å². The molecule has 2 unspecified atom stereocenters. The van der Waals surface area contributed by atoms with Crippen LogP contribution in [0, 0.1) is 12.8 Å². The van der Waals surface area contributed by atoms with E-state index in [1.807, 2.05) is 4.90 Å². The summed E-state index contributed by atoms with van der Waals surface area (Å²) in [5.41, 5.74) is 2.44. The van der Waals surface area contributed by atoms with Crippen LogP contribution in [0.1, 0.15) is 57.3 Å². The number of unbranched alkanes of at least 4 members (excludes halogenated alkanes) is 1. The van der Waals surface area contributed by atoms with Gasteiger partial charge in [0, 0.05) is 6.54 Å². The van der Waals surface area contributed by atoms with Crippen LogP contribution in [-0.4, -0.2) is 23.4 Å². The first-order valence-electron chi connectivity index (χ1n) is 8.16. The van der Waals surface area contributed by atoms with Crippen molar-refractivity contribution in [3.8, 4) is 0 Å². The van der Waals surface area contributed by atoms with Crippen molar-refractivity contribution in [2.45, 2.75) is 59.2 Å². The molecule has 116 valence electrons. The van der Waals surface area contributed by atoms with Gasteiger partial charge in [0.15, 0.2) is 0 Å². The lowest BCUT2D eigenvalue weighted by atomic mass is 10.0. The molecule has 3 nitrogen and oxygen atoms in total. The molecule has 0 saturated carbocycles. The number of hydrogen-bond acceptors (Lipinski definition) is 2. The van der Waals surface area contributed by atoms with Crippen LogP contribution >= 0.6 is 0 Å². The lowest BCUT2D eigenvalue weighted by Gasteiger charge is -2.24. The van der Waals surface area contributed by atoms with Gasteiger partial charge in [-0.2, -0.15) is 0 Å². The maximum atomic E-state index is 12.7. The van der Waals surface area contributed by atoms with Crippen molar-refractivity contribution in [1.82, 2.24) is 10.2 Å². The number of carbonyl (C=O) groups excluding carboxylic acids is 1. The number of amides is 1. The Morgan fingerprint density at radius 1 is 1.33 bits per heavy atom. The van der Waals surface area contributed by atoms with Crippen molar-refractivity contribution < 1.29 is 4.79 Å². The molecule has 1 aromatic carbocycles. The molecule has 0 aromatic heterocycles. The SMILES string of the molecule is CCCCN1C(=O)C(CC(C)C)NC1c1cccc(C)c1. The average Bonchev–Trinajstić information content (AvgIpc) is 2.73. The highest BCUT2D eigenvalue weighted by Crippen LogP contribution is 2.28. The normalized spacial score (nSPS) is 22.3. The van der Waals surface area contributed by atoms with Gasteiger partial charge in [-0.05, 0) is 31.2 Å². The minimum atomic E-state index is -0.0348. The lowest BCUT2D eigenvalue weighted by molar-refractivity contribution is -0.130. The van der Waals surface area contributed by atoms with Crippen LogP contribution in [0.15, 0.2) is 24.3 Å². The molecular formula is C18H28N2O. The van der Waals surface area contributed by atoms with Gasteiger partial charge in [0.25, 0.3) is 0 Å². The number of hydrogen-bond donors (Lipinski definition) is 1. The molecule has 0 bridgehead atoms. The fourth-order valence-electron chi connectivity index (χ4n) is 3.00. The highest BCUT2D eigenvalue weighted by Gasteiger charge is 2.39. The Hall–Kier alpha value is -1.35. The van der Waals surface area contributed by atoms with Crippen LogP contribution in [-0.2, 0) is 4.79 Å². The summed E-state index contributed by atoms with van der Waals surface area (Å²) in [7, 11) is 0. The second-order valence-corrected chi connectivity index (χ2v) is 6.55. The van der Waals surface area contributed by atoms with Gasteiger partial charge in [0.05, 0.1) is 6.04 Å². The monoisotopic (exact) mass is 288 g/mol. The van der Waals surface area contributed by atoms with E-state index in [1.54, 1.807) is 0 Å². The summed E-state index contributed by atoms with van der Waals surface area (Å²) in [4.78, 5) is 14.7. The third-order valence-electron chi connectivity index (χ3n) is 4.07. The quantitative estimate of drug-likeness (QED) is 0.866. The molecule has 0 spiro atoms. The van der Waals surface area contributed by atoms with Crippen LogP contribution in [0.2, 0.25) is 0 Å². The van der Waals surface area contributed by atoms with E-state index in [0.717, 1.165) is 25.8 Å². The highest BCUT2D eigenvalue weighted by atomic mass is 16.2. The fraction of sp³-hybridized carbons (Fsp3) is 0.611. The van der Waals surface area contributed by atoms with E-state index in [-0.39, 0.29) is 18.1 Å². The predicted octanol–water partition coefficient (Wildman–Crippen LogP) is 3.64. The smallest absolute Gasteiger partial charge is 0.241 e. The Labute approximate surface area is 128 Å². The third-order valence-corrected chi connectivity index (χ3v) is 4.07. The number of carbonyl (C=O) groups is 1. The van der Waals surface area contributed by atoms with E-state index in [0.29, 0.717) is 5.92 Å². The van der Waals surface area contributed by atoms with Gasteiger partial charge in [-0.15, -0.1) is 0 Å². The van der Waals surface area contributed by atoms with Gasteiger partial charge >= 0.3 is 0 Å². The van der Waals surface area contributed by atoms with E-state index in [1.165, 1.54) is 11.1 Å². The molecule has 2 rings (SSSR count). The molecule has 2 atom stereocenters. The average molecular weight is 288 g/mol.